The van der Waals surface area contributed by atoms with E-state index in [0.29, 0.717) is 0 Å². The number of nitrogens with one attached hydrogen (secondary N) is 1. The summed E-state index contributed by atoms with van der Waals surface area (Å²) in [5, 5.41) is 3.44. The molecule has 1 nitrogen and oxygen atoms in total. The molecule has 0 saturated heterocycles. The van der Waals surface area contributed by atoms with Crippen LogP contribution in [0.25, 0.3) is 0 Å². The molecular weight excluding hydrogens is 313 g/mol. The Morgan fingerprint density at radius 2 is 2.00 bits per heavy atom. The van der Waals surface area contributed by atoms with Crippen molar-refractivity contribution in [3.63, 3.8) is 0 Å². The molecule has 0 spiro atoms. The first kappa shape index (κ1) is 13.7. The summed E-state index contributed by atoms with van der Waals surface area (Å²) >= 11 is 5.30. The van der Waals surface area contributed by atoms with Crippen LogP contribution in [0.15, 0.2) is 34.8 Å². The third-order valence-corrected chi connectivity index (χ3v) is 4.97. The Balaban J connectivity index is 2.36. The Bertz CT molecular complexity index is 502. The van der Waals surface area contributed by atoms with Crippen molar-refractivity contribution in [1.82, 2.24) is 5.32 Å². The van der Waals surface area contributed by atoms with Crippen molar-refractivity contribution in [2.75, 3.05) is 6.54 Å². The van der Waals surface area contributed by atoms with E-state index in [1.807, 2.05) is 12.1 Å². The number of rotatable bonds is 4. The molecule has 0 aliphatic carbocycles. The van der Waals surface area contributed by atoms with Crippen molar-refractivity contribution < 1.29 is 4.39 Å². The minimum absolute atomic E-state index is 0.130. The van der Waals surface area contributed by atoms with Gasteiger partial charge in [-0.15, -0.1) is 11.3 Å². The number of thiophene rings is 1. The highest BCUT2D eigenvalue weighted by atomic mass is 79.9. The van der Waals surface area contributed by atoms with Crippen LogP contribution >= 0.6 is 27.3 Å². The molecule has 0 fully saturated rings. The van der Waals surface area contributed by atoms with E-state index in [-0.39, 0.29) is 11.9 Å². The van der Waals surface area contributed by atoms with Crippen LogP contribution in [0, 0.1) is 12.7 Å². The van der Waals surface area contributed by atoms with Gasteiger partial charge < -0.3 is 5.32 Å². The van der Waals surface area contributed by atoms with E-state index in [4.69, 9.17) is 0 Å². The van der Waals surface area contributed by atoms with Gasteiger partial charge in [-0.1, -0.05) is 19.1 Å². The zero-order valence-electron chi connectivity index (χ0n) is 10.3. The molecular formula is C14H15BrFNS. The lowest BCUT2D eigenvalue weighted by Crippen LogP contribution is -2.21. The molecule has 1 aromatic carbocycles. The Hall–Kier alpha value is -0.710. The fourth-order valence-corrected chi connectivity index (χ4v) is 3.53. The molecule has 0 radical (unpaired) electrons. The van der Waals surface area contributed by atoms with E-state index in [1.54, 1.807) is 11.3 Å². The predicted octanol–water partition coefficient (Wildman–Crippen LogP) is 4.66. The quantitative estimate of drug-likeness (QED) is 0.861. The predicted molar refractivity (Wildman–Crippen MR) is 78.7 cm³/mol. The summed E-state index contributed by atoms with van der Waals surface area (Å²) in [4.78, 5) is 2.50. The zero-order chi connectivity index (χ0) is 13.1. The third kappa shape index (κ3) is 2.99. The van der Waals surface area contributed by atoms with Gasteiger partial charge in [0, 0.05) is 14.2 Å². The summed E-state index contributed by atoms with van der Waals surface area (Å²) in [6.07, 6.45) is 0. The van der Waals surface area contributed by atoms with Gasteiger partial charge in [0.2, 0.25) is 0 Å². The molecule has 0 aliphatic rings. The van der Waals surface area contributed by atoms with E-state index in [2.05, 4.69) is 41.2 Å². The fraction of sp³-hybridized carbons (Fsp3) is 0.286. The minimum Gasteiger partial charge on any atom is -0.306 e. The van der Waals surface area contributed by atoms with E-state index in [1.165, 1.54) is 21.9 Å². The highest BCUT2D eigenvalue weighted by Gasteiger charge is 2.16. The summed E-state index contributed by atoms with van der Waals surface area (Å²) in [7, 11) is 0. The molecule has 0 bridgehead atoms. The molecule has 96 valence electrons. The fourth-order valence-electron chi connectivity index (χ4n) is 1.87. The monoisotopic (exact) mass is 327 g/mol. The highest BCUT2D eigenvalue weighted by Crippen LogP contribution is 2.33. The smallest absolute Gasteiger partial charge is 0.123 e. The highest BCUT2D eigenvalue weighted by molar-refractivity contribution is 9.10. The molecule has 2 rings (SSSR count). The van der Waals surface area contributed by atoms with Gasteiger partial charge in [0.1, 0.15) is 5.82 Å². The van der Waals surface area contributed by atoms with E-state index in [9.17, 15) is 4.39 Å². The summed E-state index contributed by atoms with van der Waals surface area (Å²) in [6.45, 7) is 5.04. The van der Waals surface area contributed by atoms with Gasteiger partial charge in [0.25, 0.3) is 0 Å². The summed E-state index contributed by atoms with van der Waals surface area (Å²) in [6, 6.07) is 8.96. The van der Waals surface area contributed by atoms with Crippen LogP contribution < -0.4 is 5.32 Å². The number of halogens is 2. The van der Waals surface area contributed by atoms with Crippen molar-refractivity contribution in [1.29, 1.82) is 0 Å². The van der Waals surface area contributed by atoms with Crippen molar-refractivity contribution in [2.24, 2.45) is 0 Å². The van der Waals surface area contributed by atoms with Gasteiger partial charge in [-0.2, -0.15) is 0 Å². The van der Waals surface area contributed by atoms with E-state index >= 15 is 0 Å². The van der Waals surface area contributed by atoms with Gasteiger partial charge in [-0.3, -0.25) is 0 Å². The largest absolute Gasteiger partial charge is 0.306 e. The van der Waals surface area contributed by atoms with Crippen molar-refractivity contribution >= 4 is 27.3 Å². The topological polar surface area (TPSA) is 12.0 Å². The molecule has 0 aliphatic heterocycles. The van der Waals surface area contributed by atoms with Gasteiger partial charge in [0.05, 0.1) is 6.04 Å². The van der Waals surface area contributed by atoms with Crippen LogP contribution in [0.2, 0.25) is 0 Å². The Kier molecular flexibility index (Phi) is 4.54. The first-order valence-electron chi connectivity index (χ1n) is 5.86. The van der Waals surface area contributed by atoms with E-state index in [0.717, 1.165) is 16.6 Å². The lowest BCUT2D eigenvalue weighted by molar-refractivity contribution is 0.617. The number of hydrogen-bond donors (Lipinski definition) is 1. The average Bonchev–Trinajstić information content (AvgIpc) is 2.68. The maximum Gasteiger partial charge on any atom is 0.123 e. The normalized spacial score (nSPS) is 12.7. The van der Waals surface area contributed by atoms with Crippen LogP contribution in [0.5, 0.6) is 0 Å². The summed E-state index contributed by atoms with van der Waals surface area (Å²) in [5.41, 5.74) is 1.09. The van der Waals surface area contributed by atoms with Crippen molar-refractivity contribution in [3.05, 3.63) is 55.9 Å². The SMILES string of the molecule is CCNC(c1ccc(F)cc1)c1cc(Br)c(C)s1. The molecule has 4 heteroatoms. The maximum atomic E-state index is 13.0. The molecule has 0 amide bonds. The van der Waals surface area contributed by atoms with Gasteiger partial charge in [0.15, 0.2) is 0 Å². The minimum atomic E-state index is -0.197. The maximum absolute atomic E-state index is 13.0. The molecule has 0 saturated carbocycles. The van der Waals surface area contributed by atoms with Crippen molar-refractivity contribution in [2.45, 2.75) is 19.9 Å². The molecule has 1 N–H and O–H groups in total. The molecule has 18 heavy (non-hydrogen) atoms. The first-order valence-corrected chi connectivity index (χ1v) is 7.47. The second-order valence-corrected chi connectivity index (χ2v) is 6.24. The van der Waals surface area contributed by atoms with Crippen LogP contribution in [0.3, 0.4) is 0 Å². The van der Waals surface area contributed by atoms with Gasteiger partial charge in [-0.25, -0.2) is 4.39 Å². The first-order chi connectivity index (χ1) is 8.61. The second-order valence-electron chi connectivity index (χ2n) is 4.10. The second kappa shape index (κ2) is 5.95. The number of hydrogen-bond acceptors (Lipinski definition) is 2. The van der Waals surface area contributed by atoms with E-state index < -0.39 is 0 Å². The summed E-state index contributed by atoms with van der Waals surface area (Å²) in [5.74, 6) is -0.197. The number of benzene rings is 1. The molecule has 2 aromatic rings. The average molecular weight is 328 g/mol. The van der Waals surface area contributed by atoms with Gasteiger partial charge in [-0.05, 0) is 53.2 Å². The Morgan fingerprint density at radius 1 is 1.33 bits per heavy atom. The Morgan fingerprint density at radius 3 is 2.50 bits per heavy atom. The lowest BCUT2D eigenvalue weighted by Gasteiger charge is -2.16. The van der Waals surface area contributed by atoms with Crippen LogP contribution in [0.4, 0.5) is 4.39 Å². The molecule has 1 aromatic heterocycles. The van der Waals surface area contributed by atoms with Crippen LogP contribution in [0.1, 0.15) is 28.3 Å². The van der Waals surface area contributed by atoms with Crippen molar-refractivity contribution in [3.8, 4) is 0 Å². The molecule has 1 atom stereocenters. The standard InChI is InChI=1S/C14H15BrFNS/c1-3-17-14(10-4-6-11(16)7-5-10)13-8-12(15)9(2)18-13/h4-8,14,17H,3H2,1-2H3. The van der Waals surface area contributed by atoms with Gasteiger partial charge >= 0.3 is 0 Å². The third-order valence-electron chi connectivity index (χ3n) is 2.77. The van der Waals surface area contributed by atoms with Crippen LogP contribution in [-0.2, 0) is 0 Å². The Labute approximate surface area is 119 Å². The summed E-state index contributed by atoms with van der Waals surface area (Å²) < 4.78 is 14.1. The zero-order valence-corrected chi connectivity index (χ0v) is 12.7. The lowest BCUT2D eigenvalue weighted by atomic mass is 10.1. The number of aryl methyl sites for hydroxylation is 1. The van der Waals surface area contributed by atoms with Crippen LogP contribution in [-0.4, -0.2) is 6.54 Å². The molecule has 1 unspecified atom stereocenters. The molecule has 1 heterocycles.